The molecule has 0 saturated carbocycles. The molecular weight excluding hydrogens is 176 g/mol. The highest BCUT2D eigenvalue weighted by atomic mass is 28.3. The Bertz CT molecular complexity index is 123. The van der Waals surface area contributed by atoms with Crippen LogP contribution in [0.2, 0.25) is 0 Å². The Morgan fingerprint density at radius 1 is 1.25 bits per heavy atom. The van der Waals surface area contributed by atoms with Crippen molar-refractivity contribution < 1.29 is 18.4 Å². The number of carbonyl (C=O) groups excluding carboxylic acids is 1. The second-order valence-electron chi connectivity index (χ2n) is 2.02. The van der Waals surface area contributed by atoms with Crippen molar-refractivity contribution in [1.29, 1.82) is 0 Å². The molecule has 0 amide bonds. The van der Waals surface area contributed by atoms with Gasteiger partial charge in [0.1, 0.15) is 6.23 Å². The van der Waals surface area contributed by atoms with Gasteiger partial charge < -0.3 is 13.6 Å². The molecule has 0 fully saturated rings. The summed E-state index contributed by atoms with van der Waals surface area (Å²) in [4.78, 5) is 10.4. The second-order valence-corrected chi connectivity index (χ2v) is 3.63. The lowest BCUT2D eigenvalue weighted by Gasteiger charge is -2.12. The maximum atomic E-state index is 10.4. The molecule has 0 N–H and O–H groups in total. The smallest absolute Gasteiger partial charge is 0.426 e. The first kappa shape index (κ1) is 11.6. The van der Waals surface area contributed by atoms with Crippen molar-refractivity contribution in [3.63, 3.8) is 0 Å². The summed E-state index contributed by atoms with van der Waals surface area (Å²) in [5.41, 5.74) is 0. The summed E-state index contributed by atoms with van der Waals surface area (Å²) in [6.07, 6.45) is 0.266. The molecule has 0 rings (SSSR count). The second kappa shape index (κ2) is 7.27. The SMILES string of the molecule is CCO[Si](COC(C)=O)OCC. The highest BCUT2D eigenvalue weighted by Gasteiger charge is 2.16. The van der Waals surface area contributed by atoms with Gasteiger partial charge >= 0.3 is 15.3 Å². The highest BCUT2D eigenvalue weighted by molar-refractivity contribution is 6.44. The molecule has 4 nitrogen and oxygen atoms in total. The van der Waals surface area contributed by atoms with Gasteiger partial charge in [0, 0.05) is 20.1 Å². The van der Waals surface area contributed by atoms with Crippen molar-refractivity contribution in [3.05, 3.63) is 0 Å². The van der Waals surface area contributed by atoms with Gasteiger partial charge in [-0.1, -0.05) is 0 Å². The Hall–Kier alpha value is -0.393. The van der Waals surface area contributed by atoms with E-state index >= 15 is 0 Å². The van der Waals surface area contributed by atoms with Crippen molar-refractivity contribution in [2.24, 2.45) is 0 Å². The van der Waals surface area contributed by atoms with E-state index in [0.717, 1.165) is 0 Å². The predicted octanol–water partition coefficient (Wildman–Crippen LogP) is 0.650. The average molecular weight is 191 g/mol. The van der Waals surface area contributed by atoms with E-state index in [-0.39, 0.29) is 12.2 Å². The van der Waals surface area contributed by atoms with Crippen molar-refractivity contribution in [2.45, 2.75) is 20.8 Å². The lowest BCUT2D eigenvalue weighted by atomic mass is 10.8. The maximum Gasteiger partial charge on any atom is 0.426 e. The number of esters is 1. The summed E-state index contributed by atoms with van der Waals surface area (Å²) in [7, 11) is -1.38. The molecule has 0 aliphatic rings. The topological polar surface area (TPSA) is 44.8 Å². The van der Waals surface area contributed by atoms with E-state index in [2.05, 4.69) is 0 Å². The predicted molar refractivity (Wildman–Crippen MR) is 45.6 cm³/mol. The van der Waals surface area contributed by atoms with Crippen molar-refractivity contribution in [3.8, 4) is 0 Å². The molecule has 0 aliphatic heterocycles. The van der Waals surface area contributed by atoms with Gasteiger partial charge in [0.25, 0.3) is 0 Å². The van der Waals surface area contributed by atoms with Crippen LogP contribution in [0, 0.1) is 0 Å². The van der Waals surface area contributed by atoms with E-state index in [1.54, 1.807) is 0 Å². The quantitative estimate of drug-likeness (QED) is 0.457. The molecule has 0 unspecified atom stereocenters. The van der Waals surface area contributed by atoms with Crippen LogP contribution in [0.15, 0.2) is 0 Å². The first-order valence-corrected chi connectivity index (χ1v) is 5.47. The Labute approximate surface area is 74.7 Å². The summed E-state index contributed by atoms with van der Waals surface area (Å²) < 4.78 is 15.2. The minimum atomic E-state index is -1.38. The van der Waals surface area contributed by atoms with Gasteiger partial charge in [0.2, 0.25) is 0 Å². The molecule has 71 valence electrons. The van der Waals surface area contributed by atoms with Crippen LogP contribution >= 0.6 is 0 Å². The van der Waals surface area contributed by atoms with Crippen LogP contribution in [0.3, 0.4) is 0 Å². The van der Waals surface area contributed by atoms with Crippen molar-refractivity contribution in [2.75, 3.05) is 19.4 Å². The van der Waals surface area contributed by atoms with E-state index in [1.807, 2.05) is 13.8 Å². The Balaban J connectivity index is 3.54. The molecule has 0 aromatic heterocycles. The first-order valence-electron chi connectivity index (χ1n) is 3.95. The van der Waals surface area contributed by atoms with Gasteiger partial charge in [0.15, 0.2) is 0 Å². The van der Waals surface area contributed by atoms with Gasteiger partial charge in [-0.3, -0.25) is 4.79 Å². The molecular formula is C7H15O4Si. The largest absolute Gasteiger partial charge is 0.464 e. The monoisotopic (exact) mass is 191 g/mol. The van der Waals surface area contributed by atoms with E-state index in [1.165, 1.54) is 6.92 Å². The van der Waals surface area contributed by atoms with E-state index < -0.39 is 9.28 Å². The zero-order valence-corrected chi connectivity index (χ0v) is 8.75. The molecule has 0 aliphatic carbocycles. The van der Waals surface area contributed by atoms with Crippen LogP contribution in [0.1, 0.15) is 20.8 Å². The van der Waals surface area contributed by atoms with Crippen LogP contribution in [-0.4, -0.2) is 34.7 Å². The molecule has 12 heavy (non-hydrogen) atoms. The highest BCUT2D eigenvalue weighted by Crippen LogP contribution is 1.91. The summed E-state index contributed by atoms with van der Waals surface area (Å²) >= 11 is 0. The molecule has 0 atom stereocenters. The van der Waals surface area contributed by atoms with Crippen LogP contribution in [0.5, 0.6) is 0 Å². The van der Waals surface area contributed by atoms with Crippen LogP contribution in [0.25, 0.3) is 0 Å². The minimum Gasteiger partial charge on any atom is -0.464 e. The van der Waals surface area contributed by atoms with Gasteiger partial charge in [0.05, 0.1) is 0 Å². The third-order valence-corrected chi connectivity index (χ3v) is 2.61. The number of hydrogen-bond donors (Lipinski definition) is 0. The number of rotatable bonds is 6. The normalized spacial score (nSPS) is 10.3. The fourth-order valence-corrected chi connectivity index (χ4v) is 1.82. The zero-order chi connectivity index (χ0) is 9.40. The van der Waals surface area contributed by atoms with Crippen LogP contribution < -0.4 is 0 Å². The summed E-state index contributed by atoms with van der Waals surface area (Å²) in [5, 5.41) is 0. The first-order chi connectivity index (χ1) is 5.70. The van der Waals surface area contributed by atoms with Crippen molar-refractivity contribution in [1.82, 2.24) is 0 Å². The zero-order valence-electron chi connectivity index (χ0n) is 7.75. The van der Waals surface area contributed by atoms with Gasteiger partial charge in [-0.2, -0.15) is 0 Å². The standard InChI is InChI=1S/C7H15O4Si/c1-4-10-12(11-5-2)6-9-7(3)8/h4-6H2,1-3H3. The summed E-state index contributed by atoms with van der Waals surface area (Å²) in [6, 6.07) is 0. The number of carbonyl (C=O) groups is 1. The molecule has 5 heteroatoms. The average Bonchev–Trinajstić information content (AvgIpc) is 2.01. The lowest BCUT2D eigenvalue weighted by Crippen LogP contribution is -2.30. The Kier molecular flexibility index (Phi) is 7.03. The summed E-state index contributed by atoms with van der Waals surface area (Å²) in [5.74, 6) is -0.295. The third kappa shape index (κ3) is 6.33. The molecule has 0 bridgehead atoms. The number of ether oxygens (including phenoxy) is 1. The molecule has 1 radical (unpaired) electrons. The van der Waals surface area contributed by atoms with Gasteiger partial charge in [-0.05, 0) is 13.8 Å². The fourth-order valence-electron chi connectivity index (χ4n) is 0.608. The van der Waals surface area contributed by atoms with E-state index in [9.17, 15) is 4.79 Å². The van der Waals surface area contributed by atoms with Crippen molar-refractivity contribution >= 4 is 15.3 Å². The van der Waals surface area contributed by atoms with Gasteiger partial charge in [-0.15, -0.1) is 0 Å². The third-order valence-electron chi connectivity index (χ3n) is 1.00. The molecule has 0 aromatic carbocycles. The van der Waals surface area contributed by atoms with Crippen LogP contribution in [0.4, 0.5) is 0 Å². The fraction of sp³-hybridized carbons (Fsp3) is 0.857. The van der Waals surface area contributed by atoms with E-state index in [4.69, 9.17) is 13.6 Å². The number of hydrogen-bond acceptors (Lipinski definition) is 4. The molecule has 0 saturated heterocycles. The van der Waals surface area contributed by atoms with E-state index in [0.29, 0.717) is 13.2 Å². The molecule has 0 aromatic rings. The van der Waals surface area contributed by atoms with Gasteiger partial charge in [-0.25, -0.2) is 0 Å². The molecule has 0 heterocycles. The Morgan fingerprint density at radius 2 is 1.75 bits per heavy atom. The minimum absolute atomic E-state index is 0.266. The summed E-state index contributed by atoms with van der Waals surface area (Å²) in [6.45, 7) is 6.33. The van der Waals surface area contributed by atoms with Crippen LogP contribution in [-0.2, 0) is 18.4 Å². The lowest BCUT2D eigenvalue weighted by molar-refractivity contribution is -0.139. The maximum absolute atomic E-state index is 10.4. The molecule has 0 spiro atoms. The Morgan fingerprint density at radius 3 is 2.08 bits per heavy atom.